The van der Waals surface area contributed by atoms with Crippen LogP contribution in [0, 0.1) is 0 Å². The van der Waals surface area contributed by atoms with E-state index in [0.717, 1.165) is 0 Å². The van der Waals surface area contributed by atoms with Gasteiger partial charge in [0.2, 0.25) is 0 Å². The average Bonchev–Trinajstić information content (AvgIpc) is 1.90. The second-order valence-electron chi connectivity index (χ2n) is 1.61. The molecule has 10 heavy (non-hydrogen) atoms. The molecule has 0 atom stereocenters. The molecule has 0 saturated heterocycles. The first-order chi connectivity index (χ1) is 3.93. The molecule has 0 unspecified atom stereocenters. The molecular weight excluding hydrogens is 110 g/mol. The van der Waals surface area contributed by atoms with Gasteiger partial charge in [0.05, 0.1) is 0 Å². The Balaban J connectivity index is 0. The van der Waals surface area contributed by atoms with Crippen molar-refractivity contribution in [2.24, 2.45) is 0 Å². The summed E-state index contributed by atoms with van der Waals surface area (Å²) in [6, 6.07) is 10.0. The summed E-state index contributed by atoms with van der Waals surface area (Å²) in [6.07, 6.45) is 1.83. The molecule has 0 nitrogen and oxygen atoms in total. The molecule has 0 amide bonds. The Bertz CT molecular complexity index is 170. The SMILES string of the molecule is C=Cc1ccccc1.[LiH].[LiH]. The summed E-state index contributed by atoms with van der Waals surface area (Å²) < 4.78 is 0. The summed E-state index contributed by atoms with van der Waals surface area (Å²) in [7, 11) is 0. The van der Waals surface area contributed by atoms with Crippen molar-refractivity contribution in [3.05, 3.63) is 42.5 Å². The van der Waals surface area contributed by atoms with E-state index in [9.17, 15) is 0 Å². The second-order valence-corrected chi connectivity index (χ2v) is 1.61. The van der Waals surface area contributed by atoms with Crippen molar-refractivity contribution < 1.29 is 0 Å². The molecule has 2 heteroatoms. The summed E-state index contributed by atoms with van der Waals surface area (Å²) >= 11 is 0. The Hall–Kier alpha value is 0.155. The molecule has 0 N–H and O–H groups in total. The van der Waals surface area contributed by atoms with Crippen LogP contribution in [0.2, 0.25) is 0 Å². The van der Waals surface area contributed by atoms with E-state index in [1.807, 2.05) is 36.4 Å². The zero-order valence-corrected chi connectivity index (χ0v) is 4.67. The summed E-state index contributed by atoms with van der Waals surface area (Å²) in [5.74, 6) is 0. The Labute approximate surface area is 86.1 Å². The molecule has 0 fully saturated rings. The fourth-order valence-electron chi connectivity index (χ4n) is 0.589. The van der Waals surface area contributed by atoms with Crippen molar-refractivity contribution in [1.82, 2.24) is 0 Å². The normalized spacial score (nSPS) is 6.80. The van der Waals surface area contributed by atoms with Gasteiger partial charge >= 0.3 is 37.7 Å². The Morgan fingerprint density at radius 1 is 1.00 bits per heavy atom. The van der Waals surface area contributed by atoms with Crippen LogP contribution >= 0.6 is 0 Å². The van der Waals surface area contributed by atoms with Gasteiger partial charge in [0, 0.05) is 0 Å². The van der Waals surface area contributed by atoms with E-state index < -0.39 is 0 Å². The topological polar surface area (TPSA) is 0 Å². The van der Waals surface area contributed by atoms with Gasteiger partial charge in [0.25, 0.3) is 0 Å². The Morgan fingerprint density at radius 2 is 1.50 bits per heavy atom. The molecule has 0 aromatic heterocycles. The van der Waals surface area contributed by atoms with Crippen LogP contribution in [0.4, 0.5) is 0 Å². The van der Waals surface area contributed by atoms with E-state index in [-0.39, 0.29) is 37.7 Å². The van der Waals surface area contributed by atoms with E-state index in [2.05, 4.69) is 6.58 Å². The molecule has 0 aliphatic rings. The third-order valence-corrected chi connectivity index (χ3v) is 1.04. The number of hydrogen-bond donors (Lipinski definition) is 0. The van der Waals surface area contributed by atoms with Crippen LogP contribution in [-0.4, -0.2) is 37.7 Å². The Morgan fingerprint density at radius 3 is 1.80 bits per heavy atom. The Kier molecular flexibility index (Phi) is 9.30. The fourth-order valence-corrected chi connectivity index (χ4v) is 0.589. The van der Waals surface area contributed by atoms with Gasteiger partial charge in [-0.05, 0) is 5.56 Å². The fraction of sp³-hybridized carbons (Fsp3) is 0. The predicted octanol–water partition coefficient (Wildman–Crippen LogP) is 1.03. The molecule has 0 aliphatic heterocycles. The standard InChI is InChI=1S/C8H8.2Li.2H/c1-2-8-6-4-3-5-7-8;;;;/h2-7H,1H2;;;;. The van der Waals surface area contributed by atoms with Crippen LogP contribution in [0.25, 0.3) is 6.08 Å². The number of benzene rings is 1. The van der Waals surface area contributed by atoms with Gasteiger partial charge in [0.15, 0.2) is 0 Å². The molecular formula is C8H10Li2. The minimum absolute atomic E-state index is 0. The van der Waals surface area contributed by atoms with Gasteiger partial charge in [-0.15, -0.1) is 0 Å². The quantitative estimate of drug-likeness (QED) is 0.485. The molecule has 0 spiro atoms. The van der Waals surface area contributed by atoms with Crippen molar-refractivity contribution in [1.29, 1.82) is 0 Å². The third kappa shape index (κ3) is 4.05. The number of rotatable bonds is 1. The monoisotopic (exact) mass is 120 g/mol. The second kappa shape index (κ2) is 7.26. The maximum absolute atomic E-state index is 3.63. The molecule has 1 rings (SSSR count). The van der Waals surface area contributed by atoms with Crippen molar-refractivity contribution in [3.8, 4) is 0 Å². The van der Waals surface area contributed by atoms with Crippen molar-refractivity contribution in [3.63, 3.8) is 0 Å². The summed E-state index contributed by atoms with van der Waals surface area (Å²) in [4.78, 5) is 0. The molecule has 0 saturated carbocycles. The van der Waals surface area contributed by atoms with Crippen molar-refractivity contribution in [2.45, 2.75) is 0 Å². The van der Waals surface area contributed by atoms with E-state index in [0.29, 0.717) is 0 Å². The molecule has 0 aliphatic carbocycles. The van der Waals surface area contributed by atoms with Gasteiger partial charge in [-0.3, -0.25) is 0 Å². The van der Waals surface area contributed by atoms with E-state index in [1.54, 1.807) is 0 Å². The molecule has 44 valence electrons. The molecule has 0 bridgehead atoms. The van der Waals surface area contributed by atoms with Crippen molar-refractivity contribution in [2.75, 3.05) is 0 Å². The van der Waals surface area contributed by atoms with Crippen molar-refractivity contribution >= 4 is 43.8 Å². The average molecular weight is 120 g/mol. The van der Waals surface area contributed by atoms with Crippen LogP contribution in [-0.2, 0) is 0 Å². The van der Waals surface area contributed by atoms with Gasteiger partial charge in [-0.25, -0.2) is 0 Å². The van der Waals surface area contributed by atoms with Crippen LogP contribution in [0.1, 0.15) is 5.56 Å². The zero-order chi connectivity index (χ0) is 5.82. The first-order valence-electron chi connectivity index (χ1n) is 2.61. The van der Waals surface area contributed by atoms with Crippen LogP contribution < -0.4 is 0 Å². The van der Waals surface area contributed by atoms with Gasteiger partial charge in [-0.1, -0.05) is 43.0 Å². The van der Waals surface area contributed by atoms with Gasteiger partial charge in [-0.2, -0.15) is 0 Å². The van der Waals surface area contributed by atoms with Gasteiger partial charge in [0.1, 0.15) is 0 Å². The minimum atomic E-state index is 0. The summed E-state index contributed by atoms with van der Waals surface area (Å²) in [5.41, 5.74) is 1.17. The molecule has 1 aromatic rings. The van der Waals surface area contributed by atoms with E-state index >= 15 is 0 Å². The first-order valence-corrected chi connectivity index (χ1v) is 2.61. The van der Waals surface area contributed by atoms with E-state index in [1.165, 1.54) is 5.56 Å². The van der Waals surface area contributed by atoms with Crippen LogP contribution in [0.15, 0.2) is 36.9 Å². The molecule has 0 heterocycles. The number of hydrogen-bond acceptors (Lipinski definition) is 0. The summed E-state index contributed by atoms with van der Waals surface area (Å²) in [6.45, 7) is 3.63. The zero-order valence-electron chi connectivity index (χ0n) is 4.67. The van der Waals surface area contributed by atoms with E-state index in [4.69, 9.17) is 0 Å². The molecule has 1 aromatic carbocycles. The predicted molar refractivity (Wildman–Crippen MR) is 50.8 cm³/mol. The van der Waals surface area contributed by atoms with Gasteiger partial charge < -0.3 is 0 Å². The first kappa shape index (κ1) is 12.8. The van der Waals surface area contributed by atoms with Crippen LogP contribution in [0.5, 0.6) is 0 Å². The summed E-state index contributed by atoms with van der Waals surface area (Å²) in [5, 5.41) is 0. The van der Waals surface area contributed by atoms with Crippen LogP contribution in [0.3, 0.4) is 0 Å². The third-order valence-electron chi connectivity index (χ3n) is 1.04. The molecule has 0 radical (unpaired) electrons. The maximum atomic E-state index is 3.63.